The van der Waals surface area contributed by atoms with E-state index in [4.69, 9.17) is 9.47 Å². The minimum Gasteiger partial charge on any atom is -0.491 e. The summed E-state index contributed by atoms with van der Waals surface area (Å²) < 4.78 is 39.9. The van der Waals surface area contributed by atoms with E-state index in [9.17, 15) is 8.42 Å². The van der Waals surface area contributed by atoms with E-state index >= 15 is 0 Å². The molecule has 1 atom stereocenters. The Balaban J connectivity index is 1.59. The standard InChI is InChI=1S/C25H21NO4S/c27-31(28,23-15-13-21(14-16-23)29-17-22-18-30-22)26(20-9-2-1-3-10-20)25-12-6-8-19-7-4-5-11-24(19)25/h1-16,22H,17-18H2. The van der Waals surface area contributed by atoms with Gasteiger partial charge in [-0.25, -0.2) is 12.7 Å². The van der Waals surface area contributed by atoms with E-state index in [1.807, 2.05) is 60.7 Å². The summed E-state index contributed by atoms with van der Waals surface area (Å²) in [6, 6.07) is 29.1. The molecule has 0 N–H and O–H groups in total. The molecule has 1 saturated heterocycles. The van der Waals surface area contributed by atoms with Crippen LogP contribution in [0.1, 0.15) is 0 Å². The maximum Gasteiger partial charge on any atom is 0.268 e. The van der Waals surface area contributed by atoms with Crippen LogP contribution in [-0.2, 0) is 14.8 Å². The molecule has 1 aliphatic heterocycles. The zero-order chi connectivity index (χ0) is 21.3. The first-order valence-electron chi connectivity index (χ1n) is 10.1. The van der Waals surface area contributed by atoms with Crippen molar-refractivity contribution in [2.24, 2.45) is 0 Å². The van der Waals surface area contributed by atoms with Gasteiger partial charge >= 0.3 is 0 Å². The van der Waals surface area contributed by atoms with Crippen molar-refractivity contribution in [3.63, 3.8) is 0 Å². The molecule has 0 bridgehead atoms. The lowest BCUT2D eigenvalue weighted by Crippen LogP contribution is -2.26. The van der Waals surface area contributed by atoms with Crippen LogP contribution in [0.15, 0.2) is 102 Å². The summed E-state index contributed by atoms with van der Waals surface area (Å²) in [4.78, 5) is 0.194. The number of ether oxygens (including phenoxy) is 2. The Bertz CT molecular complexity index is 1300. The number of fused-ring (bicyclic) bond motifs is 1. The predicted molar refractivity (Wildman–Crippen MR) is 121 cm³/mol. The van der Waals surface area contributed by atoms with Gasteiger partial charge in [0, 0.05) is 5.39 Å². The zero-order valence-electron chi connectivity index (χ0n) is 16.7. The SMILES string of the molecule is O=S(=O)(c1ccc(OCC2CO2)cc1)N(c1ccccc1)c1cccc2ccccc12. The summed E-state index contributed by atoms with van der Waals surface area (Å²) in [5.74, 6) is 0.617. The molecule has 5 rings (SSSR count). The lowest BCUT2D eigenvalue weighted by atomic mass is 10.1. The molecular weight excluding hydrogens is 410 g/mol. The van der Waals surface area contributed by atoms with Crippen molar-refractivity contribution in [1.82, 2.24) is 0 Å². The molecular formula is C25H21NO4S. The molecule has 5 nitrogen and oxygen atoms in total. The smallest absolute Gasteiger partial charge is 0.268 e. The highest BCUT2D eigenvalue weighted by Gasteiger charge is 2.28. The molecule has 4 aromatic rings. The van der Waals surface area contributed by atoms with E-state index in [-0.39, 0.29) is 11.0 Å². The molecule has 156 valence electrons. The van der Waals surface area contributed by atoms with Crippen LogP contribution < -0.4 is 9.04 Å². The van der Waals surface area contributed by atoms with Crippen molar-refractivity contribution in [1.29, 1.82) is 0 Å². The summed E-state index contributed by atoms with van der Waals surface area (Å²) in [7, 11) is -3.88. The lowest BCUT2D eigenvalue weighted by molar-refractivity contribution is 0.263. The first-order valence-corrected chi connectivity index (χ1v) is 11.5. The Labute approximate surface area is 181 Å². The number of epoxide rings is 1. The normalized spacial score (nSPS) is 15.5. The van der Waals surface area contributed by atoms with E-state index < -0.39 is 10.0 Å². The topological polar surface area (TPSA) is 59.1 Å². The molecule has 1 unspecified atom stereocenters. The number of benzene rings is 4. The largest absolute Gasteiger partial charge is 0.491 e. The average Bonchev–Trinajstić information content (AvgIpc) is 3.64. The van der Waals surface area contributed by atoms with Gasteiger partial charge in [-0.05, 0) is 47.9 Å². The van der Waals surface area contributed by atoms with Crippen molar-refractivity contribution >= 4 is 32.2 Å². The highest BCUT2D eigenvalue weighted by molar-refractivity contribution is 7.93. The third kappa shape index (κ3) is 4.00. The predicted octanol–water partition coefficient (Wildman–Crippen LogP) is 5.14. The van der Waals surface area contributed by atoms with Gasteiger partial charge in [0.05, 0.1) is 22.9 Å². The average molecular weight is 432 g/mol. The second-order valence-electron chi connectivity index (χ2n) is 7.34. The highest BCUT2D eigenvalue weighted by Crippen LogP contribution is 2.37. The van der Waals surface area contributed by atoms with Gasteiger partial charge in [-0.1, -0.05) is 54.6 Å². The number of para-hydroxylation sites is 1. The van der Waals surface area contributed by atoms with E-state index in [0.29, 0.717) is 30.3 Å². The third-order valence-electron chi connectivity index (χ3n) is 5.18. The number of hydrogen-bond donors (Lipinski definition) is 0. The van der Waals surface area contributed by atoms with Crippen LogP contribution in [-0.4, -0.2) is 27.7 Å². The van der Waals surface area contributed by atoms with Crippen LogP contribution in [0.25, 0.3) is 10.8 Å². The summed E-state index contributed by atoms with van der Waals surface area (Å²) in [5, 5.41) is 1.84. The van der Waals surface area contributed by atoms with Crippen molar-refractivity contribution in [2.75, 3.05) is 17.5 Å². The van der Waals surface area contributed by atoms with Crippen LogP contribution in [0.2, 0.25) is 0 Å². The molecule has 0 saturated carbocycles. The van der Waals surface area contributed by atoms with Crippen LogP contribution in [0, 0.1) is 0 Å². The van der Waals surface area contributed by atoms with Gasteiger partial charge in [-0.2, -0.15) is 0 Å². The molecule has 6 heteroatoms. The van der Waals surface area contributed by atoms with Gasteiger partial charge in [-0.15, -0.1) is 0 Å². The third-order valence-corrected chi connectivity index (χ3v) is 6.93. The van der Waals surface area contributed by atoms with Crippen LogP contribution in [0.3, 0.4) is 0 Å². The number of anilines is 2. The number of hydrogen-bond acceptors (Lipinski definition) is 4. The van der Waals surface area contributed by atoms with Crippen molar-refractivity contribution in [3.05, 3.63) is 97.1 Å². The second kappa shape index (κ2) is 8.06. The summed E-state index contributed by atoms with van der Waals surface area (Å²) in [5.41, 5.74) is 1.18. The molecule has 0 spiro atoms. The van der Waals surface area contributed by atoms with E-state index in [2.05, 4.69) is 0 Å². The second-order valence-corrected chi connectivity index (χ2v) is 9.13. The van der Waals surface area contributed by atoms with E-state index in [1.54, 1.807) is 36.4 Å². The number of nitrogens with zero attached hydrogens (tertiary/aromatic N) is 1. The Morgan fingerprint density at radius 3 is 2.26 bits per heavy atom. The molecule has 0 aliphatic carbocycles. The molecule has 0 amide bonds. The summed E-state index contributed by atoms with van der Waals surface area (Å²) >= 11 is 0. The zero-order valence-corrected chi connectivity index (χ0v) is 17.5. The molecule has 4 aromatic carbocycles. The van der Waals surface area contributed by atoms with Crippen molar-refractivity contribution < 1.29 is 17.9 Å². The van der Waals surface area contributed by atoms with Gasteiger partial charge < -0.3 is 9.47 Å². The quantitative estimate of drug-likeness (QED) is 0.380. The van der Waals surface area contributed by atoms with Crippen molar-refractivity contribution in [2.45, 2.75) is 11.0 Å². The van der Waals surface area contributed by atoms with E-state index in [1.165, 1.54) is 4.31 Å². The summed E-state index contributed by atoms with van der Waals surface area (Å²) in [6.45, 7) is 1.18. The van der Waals surface area contributed by atoms with Gasteiger partial charge in [0.25, 0.3) is 10.0 Å². The Kier molecular flexibility index (Phi) is 5.10. The fraction of sp³-hybridized carbons (Fsp3) is 0.120. The molecule has 1 heterocycles. The first kappa shape index (κ1) is 19.6. The minimum atomic E-state index is -3.88. The molecule has 31 heavy (non-hydrogen) atoms. The number of sulfonamides is 1. The summed E-state index contributed by atoms with van der Waals surface area (Å²) in [6.07, 6.45) is 0.142. The lowest BCUT2D eigenvalue weighted by Gasteiger charge is -2.26. The number of rotatable bonds is 7. The minimum absolute atomic E-state index is 0.142. The van der Waals surface area contributed by atoms with Gasteiger partial charge in [0.1, 0.15) is 18.5 Å². The van der Waals surface area contributed by atoms with Crippen LogP contribution in [0.4, 0.5) is 11.4 Å². The van der Waals surface area contributed by atoms with Gasteiger partial charge in [-0.3, -0.25) is 0 Å². The van der Waals surface area contributed by atoms with Crippen LogP contribution >= 0.6 is 0 Å². The van der Waals surface area contributed by atoms with Gasteiger partial charge in [0.2, 0.25) is 0 Å². The van der Waals surface area contributed by atoms with Crippen LogP contribution in [0.5, 0.6) is 5.75 Å². The Morgan fingerprint density at radius 1 is 0.839 bits per heavy atom. The maximum absolute atomic E-state index is 13.8. The monoisotopic (exact) mass is 431 g/mol. The fourth-order valence-corrected chi connectivity index (χ4v) is 5.03. The van der Waals surface area contributed by atoms with Crippen molar-refractivity contribution in [3.8, 4) is 5.75 Å². The highest BCUT2D eigenvalue weighted by atomic mass is 32.2. The van der Waals surface area contributed by atoms with Gasteiger partial charge in [0.15, 0.2) is 0 Å². The fourth-order valence-electron chi connectivity index (χ4n) is 3.52. The maximum atomic E-state index is 13.8. The van der Waals surface area contributed by atoms with E-state index in [0.717, 1.165) is 10.8 Å². The molecule has 1 fully saturated rings. The molecule has 1 aliphatic rings. The Morgan fingerprint density at radius 2 is 1.52 bits per heavy atom. The first-order chi connectivity index (χ1) is 15.1. The molecule has 0 aromatic heterocycles. The Hall–Kier alpha value is -3.35. The molecule has 0 radical (unpaired) electrons.